The van der Waals surface area contributed by atoms with E-state index in [1.807, 2.05) is 19.2 Å². The van der Waals surface area contributed by atoms with Crippen LogP contribution in [0.2, 0.25) is 0 Å². The van der Waals surface area contributed by atoms with Gasteiger partial charge in [0.25, 0.3) is 0 Å². The Labute approximate surface area is 143 Å². The van der Waals surface area contributed by atoms with E-state index in [0.29, 0.717) is 23.9 Å². The number of carbonyl (C=O) groups is 1. The fourth-order valence-electron chi connectivity index (χ4n) is 3.03. The van der Waals surface area contributed by atoms with Gasteiger partial charge in [0.2, 0.25) is 5.75 Å². The molecule has 1 fully saturated rings. The van der Waals surface area contributed by atoms with Crippen LogP contribution in [0.25, 0.3) is 0 Å². The van der Waals surface area contributed by atoms with Crippen LogP contribution in [-0.4, -0.2) is 58.4 Å². The van der Waals surface area contributed by atoms with Crippen LogP contribution in [0.5, 0.6) is 17.2 Å². The van der Waals surface area contributed by atoms with Crippen molar-refractivity contribution in [2.45, 2.75) is 31.7 Å². The first-order valence-corrected chi connectivity index (χ1v) is 8.26. The summed E-state index contributed by atoms with van der Waals surface area (Å²) in [5.41, 5.74) is 1.05. The number of esters is 1. The van der Waals surface area contributed by atoms with E-state index in [1.165, 1.54) is 0 Å². The predicted molar refractivity (Wildman–Crippen MR) is 91.0 cm³/mol. The van der Waals surface area contributed by atoms with Gasteiger partial charge >= 0.3 is 5.97 Å². The maximum Gasteiger partial charge on any atom is 0.323 e. The summed E-state index contributed by atoms with van der Waals surface area (Å²) in [6, 6.07) is 3.77. The van der Waals surface area contributed by atoms with Crippen molar-refractivity contribution in [1.82, 2.24) is 4.90 Å². The fourth-order valence-corrected chi connectivity index (χ4v) is 3.03. The van der Waals surface area contributed by atoms with E-state index in [-0.39, 0.29) is 12.0 Å². The Morgan fingerprint density at radius 2 is 1.83 bits per heavy atom. The van der Waals surface area contributed by atoms with E-state index >= 15 is 0 Å². The second-order valence-corrected chi connectivity index (χ2v) is 5.94. The number of likely N-dealkylation sites (tertiary alicyclic amines) is 1. The van der Waals surface area contributed by atoms with E-state index in [2.05, 4.69) is 4.90 Å². The molecule has 1 unspecified atom stereocenters. The smallest absolute Gasteiger partial charge is 0.323 e. The van der Waals surface area contributed by atoms with Gasteiger partial charge in [0.05, 0.1) is 27.9 Å². The first-order chi connectivity index (χ1) is 11.6. The zero-order valence-electron chi connectivity index (χ0n) is 15.0. The topological polar surface area (TPSA) is 57.2 Å². The molecule has 2 rings (SSSR count). The van der Waals surface area contributed by atoms with Gasteiger partial charge in [-0.2, -0.15) is 0 Å². The maximum atomic E-state index is 12.0. The lowest BCUT2D eigenvalue weighted by Gasteiger charge is -2.18. The number of methoxy groups -OCH3 is 3. The molecule has 0 saturated carbocycles. The molecule has 1 aromatic rings. The van der Waals surface area contributed by atoms with E-state index < -0.39 is 0 Å². The van der Waals surface area contributed by atoms with Crippen LogP contribution < -0.4 is 14.2 Å². The van der Waals surface area contributed by atoms with Gasteiger partial charge in [0, 0.05) is 0 Å². The summed E-state index contributed by atoms with van der Waals surface area (Å²) in [6.45, 7) is 1.38. The summed E-state index contributed by atoms with van der Waals surface area (Å²) in [5.74, 6) is 1.74. The molecule has 0 aliphatic carbocycles. The molecule has 6 heteroatoms. The average Bonchev–Trinajstić information content (AvgIpc) is 3.03. The third-order valence-corrected chi connectivity index (χ3v) is 4.37. The van der Waals surface area contributed by atoms with Crippen molar-refractivity contribution >= 4 is 5.97 Å². The zero-order chi connectivity index (χ0) is 17.5. The van der Waals surface area contributed by atoms with Crippen molar-refractivity contribution in [3.05, 3.63) is 17.7 Å². The highest BCUT2D eigenvalue weighted by Crippen LogP contribution is 2.38. The Kier molecular flexibility index (Phi) is 6.73. The van der Waals surface area contributed by atoms with Crippen molar-refractivity contribution < 1.29 is 23.7 Å². The Balaban J connectivity index is 1.87. The molecule has 1 aromatic carbocycles. The van der Waals surface area contributed by atoms with Gasteiger partial charge in [0.1, 0.15) is 6.04 Å². The maximum absolute atomic E-state index is 12.0. The second kappa shape index (κ2) is 8.78. The number of ether oxygens (including phenoxy) is 4. The number of hydrogen-bond donors (Lipinski definition) is 0. The molecule has 0 spiro atoms. The largest absolute Gasteiger partial charge is 0.493 e. The lowest BCUT2D eigenvalue weighted by atomic mass is 10.1. The molecule has 0 N–H and O–H groups in total. The SMILES string of the molecule is COc1cc(CCCOC(=O)C2CCCN2C)cc(OC)c1OC. The Hall–Kier alpha value is -1.95. The predicted octanol–water partition coefficient (Wildman–Crippen LogP) is 2.28. The van der Waals surface area contributed by atoms with Gasteiger partial charge in [-0.1, -0.05) is 0 Å². The number of nitrogens with zero attached hydrogens (tertiary/aromatic N) is 1. The van der Waals surface area contributed by atoms with Gasteiger partial charge < -0.3 is 18.9 Å². The van der Waals surface area contributed by atoms with E-state index in [0.717, 1.165) is 37.8 Å². The molecule has 0 aromatic heterocycles. The summed E-state index contributed by atoms with van der Waals surface area (Å²) in [6.07, 6.45) is 3.47. The summed E-state index contributed by atoms with van der Waals surface area (Å²) in [5, 5.41) is 0. The van der Waals surface area contributed by atoms with Crippen LogP contribution in [0, 0.1) is 0 Å². The van der Waals surface area contributed by atoms with Gasteiger partial charge in [-0.3, -0.25) is 9.69 Å². The fraction of sp³-hybridized carbons (Fsp3) is 0.611. The van der Waals surface area contributed by atoms with Gasteiger partial charge in [-0.05, 0) is 57.0 Å². The van der Waals surface area contributed by atoms with Crippen LogP contribution in [0.4, 0.5) is 0 Å². The van der Waals surface area contributed by atoms with Crippen LogP contribution in [0.1, 0.15) is 24.8 Å². The van der Waals surface area contributed by atoms with E-state index in [4.69, 9.17) is 18.9 Å². The van der Waals surface area contributed by atoms with Crippen LogP contribution in [-0.2, 0) is 16.0 Å². The first-order valence-electron chi connectivity index (χ1n) is 8.26. The highest BCUT2D eigenvalue weighted by atomic mass is 16.5. The Morgan fingerprint density at radius 3 is 2.33 bits per heavy atom. The summed E-state index contributed by atoms with van der Waals surface area (Å²) < 4.78 is 21.4. The Morgan fingerprint density at radius 1 is 1.17 bits per heavy atom. The number of aryl methyl sites for hydroxylation is 1. The van der Waals surface area contributed by atoms with Gasteiger partial charge in [0.15, 0.2) is 11.5 Å². The average molecular weight is 337 g/mol. The minimum absolute atomic E-state index is 0.0776. The molecule has 1 saturated heterocycles. The number of rotatable bonds is 8. The van der Waals surface area contributed by atoms with Crippen molar-refractivity contribution in [1.29, 1.82) is 0 Å². The molecule has 1 heterocycles. The molecule has 0 bridgehead atoms. The highest BCUT2D eigenvalue weighted by Gasteiger charge is 2.28. The minimum Gasteiger partial charge on any atom is -0.493 e. The molecule has 0 radical (unpaired) electrons. The van der Waals surface area contributed by atoms with Crippen molar-refractivity contribution in [2.24, 2.45) is 0 Å². The van der Waals surface area contributed by atoms with Gasteiger partial charge in [-0.15, -0.1) is 0 Å². The van der Waals surface area contributed by atoms with Crippen molar-refractivity contribution in [3.63, 3.8) is 0 Å². The quantitative estimate of drug-likeness (QED) is 0.536. The zero-order valence-corrected chi connectivity index (χ0v) is 15.0. The van der Waals surface area contributed by atoms with Crippen molar-refractivity contribution in [3.8, 4) is 17.2 Å². The monoisotopic (exact) mass is 337 g/mol. The molecule has 1 aliphatic heterocycles. The third-order valence-electron chi connectivity index (χ3n) is 4.37. The molecule has 1 aliphatic rings. The normalized spacial score (nSPS) is 17.6. The third kappa shape index (κ3) is 4.32. The van der Waals surface area contributed by atoms with E-state index in [1.54, 1.807) is 21.3 Å². The standard InChI is InChI=1S/C18H27NO5/c1-19-9-5-8-14(19)18(20)24-10-6-7-13-11-15(21-2)17(23-4)16(12-13)22-3/h11-12,14H,5-10H2,1-4H3. The number of likely N-dealkylation sites (N-methyl/N-ethyl adjacent to an activating group) is 1. The molecule has 1 atom stereocenters. The molecule has 134 valence electrons. The minimum atomic E-state index is -0.111. The molecular weight excluding hydrogens is 310 g/mol. The number of carbonyl (C=O) groups excluding carboxylic acids is 1. The lowest BCUT2D eigenvalue weighted by molar-refractivity contribution is -0.148. The number of hydrogen-bond acceptors (Lipinski definition) is 6. The highest BCUT2D eigenvalue weighted by molar-refractivity contribution is 5.76. The molecular formula is C18H27NO5. The van der Waals surface area contributed by atoms with Crippen LogP contribution in [0.15, 0.2) is 12.1 Å². The summed E-state index contributed by atoms with van der Waals surface area (Å²) in [7, 11) is 6.75. The molecule has 24 heavy (non-hydrogen) atoms. The Bertz CT molecular complexity index is 535. The molecule has 0 amide bonds. The lowest BCUT2D eigenvalue weighted by Crippen LogP contribution is -2.34. The van der Waals surface area contributed by atoms with Crippen LogP contribution >= 0.6 is 0 Å². The summed E-state index contributed by atoms with van der Waals surface area (Å²) in [4.78, 5) is 14.1. The number of benzene rings is 1. The van der Waals surface area contributed by atoms with Gasteiger partial charge in [-0.25, -0.2) is 0 Å². The summed E-state index contributed by atoms with van der Waals surface area (Å²) >= 11 is 0. The van der Waals surface area contributed by atoms with Crippen molar-refractivity contribution in [2.75, 3.05) is 41.5 Å². The second-order valence-electron chi connectivity index (χ2n) is 5.94. The van der Waals surface area contributed by atoms with E-state index in [9.17, 15) is 4.79 Å². The van der Waals surface area contributed by atoms with Crippen LogP contribution in [0.3, 0.4) is 0 Å². The first kappa shape index (κ1) is 18.4. The molecule has 6 nitrogen and oxygen atoms in total.